The van der Waals surface area contributed by atoms with Crippen molar-refractivity contribution in [3.63, 3.8) is 0 Å². The van der Waals surface area contributed by atoms with Gasteiger partial charge in [-0.15, -0.1) is 0 Å². The third-order valence-corrected chi connectivity index (χ3v) is 4.38. The lowest BCUT2D eigenvalue weighted by molar-refractivity contribution is -0.914. The Morgan fingerprint density at radius 2 is 1.74 bits per heavy atom. The summed E-state index contributed by atoms with van der Waals surface area (Å²) in [5, 5.41) is 8.77. The predicted octanol–water partition coefficient (Wildman–Crippen LogP) is 2.65. The summed E-state index contributed by atoms with van der Waals surface area (Å²) in [6.07, 6.45) is 7.16. The van der Waals surface area contributed by atoms with E-state index in [-0.39, 0.29) is 11.5 Å². The molecule has 7 heteroatoms. The van der Waals surface area contributed by atoms with E-state index in [9.17, 15) is 13.0 Å². The van der Waals surface area contributed by atoms with Crippen molar-refractivity contribution in [2.75, 3.05) is 26.7 Å². The summed E-state index contributed by atoms with van der Waals surface area (Å²) < 4.78 is 35.5. The smallest absolute Gasteiger partial charge is 0.262 e. The van der Waals surface area contributed by atoms with Crippen molar-refractivity contribution in [2.45, 2.75) is 39.0 Å². The van der Waals surface area contributed by atoms with Crippen molar-refractivity contribution in [1.29, 1.82) is 0 Å². The number of nitrogens with zero attached hydrogens (tertiary/aromatic N) is 1. The van der Waals surface area contributed by atoms with Crippen LogP contribution in [0.4, 0.5) is 0 Å². The van der Waals surface area contributed by atoms with Gasteiger partial charge in [0.25, 0.3) is 10.4 Å². The summed E-state index contributed by atoms with van der Waals surface area (Å²) in [6.45, 7) is 6.56. The van der Waals surface area contributed by atoms with Crippen molar-refractivity contribution in [2.24, 2.45) is 0 Å². The molecule has 0 radical (unpaired) electrons. The van der Waals surface area contributed by atoms with Gasteiger partial charge in [-0.3, -0.25) is 0 Å². The van der Waals surface area contributed by atoms with E-state index >= 15 is 0 Å². The maximum absolute atomic E-state index is 10.0. The van der Waals surface area contributed by atoms with Gasteiger partial charge in [-0.2, -0.15) is 0 Å². The molecule has 1 saturated heterocycles. The molecule has 0 spiro atoms. The standard InChI is InChI=1S/C10H22N.C6H6O5S/c1-3-4-8-11(2)9-6-5-7-10-11;7-5-1-3-6(4-2-5)11-12(8,9)10/h3-10H2,1-2H3;1-4,7H,(H,8,9,10)/q+1;/p-1. The Hall–Kier alpha value is -1.31. The number of rotatable bonds is 5. The van der Waals surface area contributed by atoms with E-state index < -0.39 is 10.4 Å². The van der Waals surface area contributed by atoms with Gasteiger partial charge in [-0.05, 0) is 49.9 Å². The van der Waals surface area contributed by atoms with Crippen LogP contribution in [0.1, 0.15) is 39.0 Å². The summed E-state index contributed by atoms with van der Waals surface area (Å²) in [5.41, 5.74) is 0. The largest absolute Gasteiger partial charge is 0.716 e. The van der Waals surface area contributed by atoms with Crippen LogP contribution in [-0.4, -0.2) is 49.2 Å². The second-order valence-corrected chi connectivity index (χ2v) is 7.17. The monoisotopic (exact) mass is 345 g/mol. The number of benzene rings is 1. The Kier molecular flexibility index (Phi) is 7.81. The molecule has 1 aromatic carbocycles. The molecule has 23 heavy (non-hydrogen) atoms. The number of hydrogen-bond acceptors (Lipinski definition) is 5. The van der Waals surface area contributed by atoms with Crippen LogP contribution >= 0.6 is 0 Å². The first kappa shape index (κ1) is 19.7. The maximum Gasteiger partial charge on any atom is 0.262 e. The van der Waals surface area contributed by atoms with Crippen molar-refractivity contribution in [3.05, 3.63) is 24.3 Å². The summed E-state index contributed by atoms with van der Waals surface area (Å²) >= 11 is 0. The van der Waals surface area contributed by atoms with Gasteiger partial charge in [-0.1, -0.05) is 13.3 Å². The zero-order chi connectivity index (χ0) is 17.3. The van der Waals surface area contributed by atoms with E-state index in [1.807, 2.05) is 0 Å². The Labute approximate surface area is 139 Å². The molecule has 2 rings (SSSR count). The highest BCUT2D eigenvalue weighted by molar-refractivity contribution is 7.81. The molecule has 1 aromatic rings. The number of piperidine rings is 1. The van der Waals surface area contributed by atoms with Crippen LogP contribution in [0.3, 0.4) is 0 Å². The van der Waals surface area contributed by atoms with Gasteiger partial charge in [0.1, 0.15) is 11.5 Å². The number of phenols is 1. The van der Waals surface area contributed by atoms with Gasteiger partial charge in [-0.25, -0.2) is 8.42 Å². The first-order chi connectivity index (χ1) is 10.7. The molecule has 1 N–H and O–H groups in total. The molecule has 0 aromatic heterocycles. The van der Waals surface area contributed by atoms with Crippen molar-refractivity contribution in [3.8, 4) is 11.5 Å². The molecule has 0 aliphatic carbocycles. The highest BCUT2D eigenvalue weighted by Gasteiger charge is 2.23. The SMILES string of the molecule is CCCC[N+]1(C)CCCCC1.O=S(=O)([O-])Oc1ccc(O)cc1. The normalized spacial score (nSPS) is 17.0. The van der Waals surface area contributed by atoms with Crippen molar-refractivity contribution >= 4 is 10.4 Å². The number of hydrogen-bond donors (Lipinski definition) is 1. The van der Waals surface area contributed by atoms with Gasteiger partial charge in [0.2, 0.25) is 0 Å². The molecule has 1 heterocycles. The Morgan fingerprint density at radius 1 is 1.17 bits per heavy atom. The van der Waals surface area contributed by atoms with Crippen LogP contribution in [0.25, 0.3) is 0 Å². The molecule has 1 aliphatic rings. The van der Waals surface area contributed by atoms with E-state index in [1.54, 1.807) is 0 Å². The molecule has 0 amide bonds. The fourth-order valence-corrected chi connectivity index (χ4v) is 3.01. The van der Waals surface area contributed by atoms with Crippen LogP contribution < -0.4 is 4.18 Å². The topological polar surface area (TPSA) is 86.7 Å². The maximum atomic E-state index is 10.0. The molecule has 1 fully saturated rings. The first-order valence-corrected chi connectivity index (χ1v) is 9.35. The third-order valence-electron chi connectivity index (χ3n) is 3.98. The number of unbranched alkanes of at least 4 members (excludes halogenated alkanes) is 1. The van der Waals surface area contributed by atoms with Gasteiger partial charge >= 0.3 is 0 Å². The van der Waals surface area contributed by atoms with Gasteiger partial charge in [0.15, 0.2) is 0 Å². The Bertz CT molecular complexity index is 550. The van der Waals surface area contributed by atoms with E-state index in [0.29, 0.717) is 0 Å². The lowest BCUT2D eigenvalue weighted by Gasteiger charge is -2.37. The van der Waals surface area contributed by atoms with Crippen LogP contribution in [0.2, 0.25) is 0 Å². The lowest BCUT2D eigenvalue weighted by Crippen LogP contribution is -2.48. The number of phenolic OH excluding ortho intramolecular Hbond substituents is 1. The Morgan fingerprint density at radius 3 is 2.22 bits per heavy atom. The fraction of sp³-hybridized carbons (Fsp3) is 0.625. The van der Waals surface area contributed by atoms with Gasteiger partial charge < -0.3 is 18.3 Å². The molecular formula is C16H27NO5S. The van der Waals surface area contributed by atoms with Crippen LogP contribution in [0.15, 0.2) is 24.3 Å². The van der Waals surface area contributed by atoms with Crippen molar-refractivity contribution < 1.29 is 26.7 Å². The van der Waals surface area contributed by atoms with Gasteiger partial charge in [0, 0.05) is 0 Å². The molecule has 0 saturated carbocycles. The van der Waals surface area contributed by atoms with E-state index in [4.69, 9.17) is 5.11 Å². The molecule has 1 aliphatic heterocycles. The number of aromatic hydroxyl groups is 1. The minimum atomic E-state index is -4.72. The zero-order valence-corrected chi connectivity index (χ0v) is 14.7. The minimum Gasteiger partial charge on any atom is -0.716 e. The molecule has 0 atom stereocenters. The average Bonchev–Trinajstić information content (AvgIpc) is 2.48. The fourth-order valence-electron chi connectivity index (χ4n) is 2.66. The molecule has 132 valence electrons. The summed E-state index contributed by atoms with van der Waals surface area (Å²) in [6, 6.07) is 4.76. The predicted molar refractivity (Wildman–Crippen MR) is 88.0 cm³/mol. The quantitative estimate of drug-likeness (QED) is 0.504. The van der Waals surface area contributed by atoms with Crippen molar-refractivity contribution in [1.82, 2.24) is 0 Å². The van der Waals surface area contributed by atoms with E-state index in [2.05, 4.69) is 18.2 Å². The molecule has 6 nitrogen and oxygen atoms in total. The summed E-state index contributed by atoms with van der Waals surface area (Å²) in [5.74, 6) is -0.159. The minimum absolute atomic E-state index is 0.0364. The average molecular weight is 345 g/mol. The number of likely N-dealkylation sites (tertiary alicyclic amines) is 1. The van der Waals surface area contributed by atoms with Crippen LogP contribution in [0.5, 0.6) is 11.5 Å². The highest BCUT2D eigenvalue weighted by atomic mass is 32.3. The summed E-state index contributed by atoms with van der Waals surface area (Å²) in [4.78, 5) is 0. The first-order valence-electron chi connectivity index (χ1n) is 8.02. The second kappa shape index (κ2) is 9.10. The lowest BCUT2D eigenvalue weighted by atomic mass is 10.1. The Balaban J connectivity index is 0.000000231. The second-order valence-electron chi connectivity index (χ2n) is 6.19. The van der Waals surface area contributed by atoms with E-state index in [0.717, 1.165) is 0 Å². The number of quaternary nitrogens is 1. The third kappa shape index (κ3) is 8.78. The molecule has 0 unspecified atom stereocenters. The van der Waals surface area contributed by atoms with Crippen LogP contribution in [0, 0.1) is 0 Å². The highest BCUT2D eigenvalue weighted by Crippen LogP contribution is 2.17. The molecule has 0 bridgehead atoms. The van der Waals surface area contributed by atoms with Crippen LogP contribution in [-0.2, 0) is 10.4 Å². The van der Waals surface area contributed by atoms with E-state index in [1.165, 1.54) is 80.5 Å². The summed E-state index contributed by atoms with van der Waals surface area (Å²) in [7, 11) is -2.30. The van der Waals surface area contributed by atoms with Gasteiger partial charge in [0.05, 0.1) is 26.7 Å². The molecular weight excluding hydrogens is 318 g/mol. The zero-order valence-electron chi connectivity index (χ0n) is 13.9.